The number of rotatable bonds is 2. The second kappa shape index (κ2) is 7.80. The van der Waals surface area contributed by atoms with Gasteiger partial charge in [-0.15, -0.1) is 12.4 Å². The maximum Gasteiger partial charge on any atom is 0.182 e. The van der Waals surface area contributed by atoms with E-state index in [4.69, 9.17) is 23.2 Å². The molecule has 0 fully saturated rings. The lowest BCUT2D eigenvalue weighted by Gasteiger charge is -2.15. The first-order valence-corrected chi connectivity index (χ1v) is 7.04. The zero-order chi connectivity index (χ0) is 13.0. The molecule has 0 saturated carbocycles. The highest BCUT2D eigenvalue weighted by atomic mass is 35.5. The van der Waals surface area contributed by atoms with Crippen molar-refractivity contribution >= 4 is 58.3 Å². The van der Waals surface area contributed by atoms with Crippen LogP contribution in [0.3, 0.4) is 0 Å². The van der Waals surface area contributed by atoms with Crippen LogP contribution in [0.25, 0.3) is 0 Å². The summed E-state index contributed by atoms with van der Waals surface area (Å²) in [4.78, 5) is 4.19. The molecule has 1 aromatic carbocycles. The summed E-state index contributed by atoms with van der Waals surface area (Å²) in [5.41, 5.74) is 4.69. The smallest absolute Gasteiger partial charge is 0.182 e. The molecule has 3 nitrogen and oxygen atoms in total. The number of thioether (sulfide) groups is 1. The highest BCUT2D eigenvalue weighted by Gasteiger charge is 2.15. The molecule has 0 spiro atoms. The molecule has 0 aliphatic carbocycles. The molecule has 0 bridgehead atoms. The predicted octanol–water partition coefficient (Wildman–Crippen LogP) is 4.35. The van der Waals surface area contributed by atoms with Crippen molar-refractivity contribution in [2.45, 2.75) is 6.92 Å². The average molecular weight is 337 g/mol. The topological polar surface area (TPSA) is 36.8 Å². The van der Waals surface area contributed by atoms with E-state index in [1.807, 2.05) is 19.1 Å². The Morgan fingerprint density at radius 2 is 2.21 bits per heavy atom. The molecule has 0 unspecified atom stereocenters. The Hall–Kier alpha value is -0.680. The van der Waals surface area contributed by atoms with Crippen LogP contribution in [-0.2, 0) is 0 Å². The van der Waals surface area contributed by atoms with Gasteiger partial charge in [-0.1, -0.05) is 47.1 Å². The molecule has 1 aliphatic heterocycles. The minimum Gasteiger partial charge on any atom is -0.256 e. The number of nitrogens with one attached hydrogen (secondary N) is 1. The molecule has 1 heterocycles. The highest BCUT2D eigenvalue weighted by molar-refractivity contribution is 8.14. The predicted molar refractivity (Wildman–Crippen MR) is 88.1 cm³/mol. The van der Waals surface area contributed by atoms with Gasteiger partial charge in [0.25, 0.3) is 0 Å². The van der Waals surface area contributed by atoms with Crippen LogP contribution in [0, 0.1) is 0 Å². The molecule has 2 rings (SSSR count). The zero-order valence-corrected chi connectivity index (χ0v) is 13.2. The highest BCUT2D eigenvalue weighted by Crippen LogP contribution is 2.24. The first-order chi connectivity index (χ1) is 8.70. The summed E-state index contributed by atoms with van der Waals surface area (Å²) in [6, 6.07) is 5.40. The van der Waals surface area contributed by atoms with Crippen LogP contribution in [0.4, 0.5) is 0 Å². The van der Waals surface area contributed by atoms with Gasteiger partial charge in [0.15, 0.2) is 5.17 Å². The fraction of sp³-hybridized carbons (Fsp3) is 0.167. The van der Waals surface area contributed by atoms with Gasteiger partial charge in [0.1, 0.15) is 0 Å². The zero-order valence-electron chi connectivity index (χ0n) is 10.1. The largest absolute Gasteiger partial charge is 0.256 e. The molecule has 1 aromatic rings. The minimum absolute atomic E-state index is 0. The number of nitrogens with zero attached hydrogens (tertiary/aromatic N) is 2. The molecule has 7 heteroatoms. The summed E-state index contributed by atoms with van der Waals surface area (Å²) < 4.78 is 0. The summed E-state index contributed by atoms with van der Waals surface area (Å²) in [5.74, 6) is 0.727. The van der Waals surface area contributed by atoms with Crippen LogP contribution in [0.5, 0.6) is 0 Å². The standard InChI is InChI=1S/C12H11Cl2N3S.ClH/c1-2-5-15-12-17-16-11(7-18-12)9-4-3-8(13)6-10(9)14;/h2-6H,7H2,1H3,(H,15,17);1H/b5-2-;. The number of hydrogen-bond acceptors (Lipinski definition) is 3. The molecular weight excluding hydrogens is 325 g/mol. The number of hydrogen-bond donors (Lipinski definition) is 1. The quantitative estimate of drug-likeness (QED) is 0.872. The number of halogens is 3. The van der Waals surface area contributed by atoms with Crippen molar-refractivity contribution in [2.24, 2.45) is 10.1 Å². The molecule has 0 saturated heterocycles. The number of allylic oxidation sites excluding steroid dienone is 1. The van der Waals surface area contributed by atoms with Crippen LogP contribution < -0.4 is 5.43 Å². The molecule has 0 radical (unpaired) electrons. The molecule has 102 valence electrons. The summed E-state index contributed by atoms with van der Waals surface area (Å²) in [6.45, 7) is 1.92. The van der Waals surface area contributed by atoms with Crippen molar-refractivity contribution in [1.29, 1.82) is 0 Å². The van der Waals surface area contributed by atoms with Crippen molar-refractivity contribution in [2.75, 3.05) is 5.75 Å². The van der Waals surface area contributed by atoms with Gasteiger partial charge in [0.05, 0.1) is 10.7 Å². The Morgan fingerprint density at radius 1 is 1.42 bits per heavy atom. The van der Waals surface area contributed by atoms with E-state index >= 15 is 0 Å². The number of aliphatic imine (C=N–C) groups is 1. The van der Waals surface area contributed by atoms with Gasteiger partial charge in [-0.2, -0.15) is 5.10 Å². The van der Waals surface area contributed by atoms with Gasteiger partial charge >= 0.3 is 0 Å². The Morgan fingerprint density at radius 3 is 2.79 bits per heavy atom. The van der Waals surface area contributed by atoms with E-state index in [0.29, 0.717) is 10.0 Å². The van der Waals surface area contributed by atoms with Gasteiger partial charge in [-0.25, -0.2) is 4.99 Å². The maximum absolute atomic E-state index is 6.14. The minimum atomic E-state index is 0. The van der Waals surface area contributed by atoms with E-state index in [0.717, 1.165) is 22.2 Å². The third-order valence-corrected chi connectivity index (χ3v) is 3.65. The van der Waals surface area contributed by atoms with E-state index in [-0.39, 0.29) is 12.4 Å². The van der Waals surface area contributed by atoms with E-state index in [1.54, 1.807) is 30.1 Å². The van der Waals surface area contributed by atoms with Gasteiger partial charge in [-0.3, -0.25) is 5.43 Å². The molecule has 0 amide bonds. The summed E-state index contributed by atoms with van der Waals surface area (Å²) >= 11 is 13.6. The first kappa shape index (κ1) is 16.4. The van der Waals surface area contributed by atoms with Crippen LogP contribution in [0.15, 0.2) is 40.6 Å². The van der Waals surface area contributed by atoms with Crippen molar-refractivity contribution in [3.8, 4) is 0 Å². The van der Waals surface area contributed by atoms with Crippen LogP contribution in [0.2, 0.25) is 10.0 Å². The summed E-state index contributed by atoms with van der Waals surface area (Å²) in [5, 5.41) is 6.29. The summed E-state index contributed by atoms with van der Waals surface area (Å²) in [6.07, 6.45) is 3.59. The van der Waals surface area contributed by atoms with E-state index in [2.05, 4.69) is 15.5 Å². The second-order valence-corrected chi connectivity index (χ2v) is 5.31. The number of benzene rings is 1. The molecular formula is C12H12Cl3N3S. The van der Waals surface area contributed by atoms with Gasteiger partial charge in [-0.05, 0) is 19.1 Å². The molecule has 0 atom stereocenters. The van der Waals surface area contributed by atoms with Crippen molar-refractivity contribution in [3.63, 3.8) is 0 Å². The second-order valence-electron chi connectivity index (χ2n) is 3.50. The third-order valence-electron chi connectivity index (χ3n) is 2.22. The van der Waals surface area contributed by atoms with E-state index < -0.39 is 0 Å². The summed E-state index contributed by atoms with van der Waals surface area (Å²) in [7, 11) is 0. The third kappa shape index (κ3) is 4.42. The Balaban J connectivity index is 0.00000180. The SMILES string of the molecule is C/C=C\N=C1NN=C(c2ccc(Cl)cc2Cl)CS1.Cl. The lowest BCUT2D eigenvalue weighted by atomic mass is 10.1. The van der Waals surface area contributed by atoms with E-state index in [9.17, 15) is 0 Å². The Bertz CT molecular complexity index is 541. The Labute approximate surface area is 132 Å². The normalized spacial score (nSPS) is 17.0. The maximum atomic E-state index is 6.14. The Kier molecular flexibility index (Phi) is 6.72. The van der Waals surface area contributed by atoms with Crippen LogP contribution in [-0.4, -0.2) is 16.6 Å². The fourth-order valence-corrected chi connectivity index (χ4v) is 2.64. The van der Waals surface area contributed by atoms with Crippen molar-refractivity contribution < 1.29 is 0 Å². The van der Waals surface area contributed by atoms with Crippen molar-refractivity contribution in [1.82, 2.24) is 5.43 Å². The average Bonchev–Trinajstić information content (AvgIpc) is 2.37. The fourth-order valence-electron chi connectivity index (χ4n) is 1.39. The number of amidine groups is 1. The molecule has 19 heavy (non-hydrogen) atoms. The lowest BCUT2D eigenvalue weighted by Crippen LogP contribution is -2.25. The van der Waals surface area contributed by atoms with Crippen molar-refractivity contribution in [3.05, 3.63) is 46.1 Å². The first-order valence-electron chi connectivity index (χ1n) is 5.30. The van der Waals surface area contributed by atoms with E-state index in [1.165, 1.54) is 0 Å². The molecule has 1 N–H and O–H groups in total. The number of hydrazone groups is 1. The molecule has 1 aliphatic rings. The molecule has 0 aromatic heterocycles. The van der Waals surface area contributed by atoms with Gasteiger partial charge in [0, 0.05) is 22.5 Å². The monoisotopic (exact) mass is 335 g/mol. The lowest BCUT2D eigenvalue weighted by molar-refractivity contribution is 1.03. The van der Waals surface area contributed by atoms with Gasteiger partial charge < -0.3 is 0 Å². The van der Waals surface area contributed by atoms with Gasteiger partial charge in [0.2, 0.25) is 0 Å². The van der Waals surface area contributed by atoms with Crippen LogP contribution >= 0.6 is 47.4 Å². The van der Waals surface area contributed by atoms with Crippen LogP contribution in [0.1, 0.15) is 12.5 Å².